The van der Waals surface area contributed by atoms with Gasteiger partial charge < -0.3 is 20.5 Å². The van der Waals surface area contributed by atoms with Crippen molar-refractivity contribution >= 4 is 29.2 Å². The van der Waals surface area contributed by atoms with Crippen molar-refractivity contribution in [1.82, 2.24) is 0 Å². The van der Waals surface area contributed by atoms with E-state index in [2.05, 4.69) is 10.3 Å². The number of quaternary nitrogens is 1. The number of H-pyrrole nitrogens is 1. The third kappa shape index (κ3) is 5.69. The van der Waals surface area contributed by atoms with E-state index in [0.717, 1.165) is 5.56 Å². The Labute approximate surface area is 138 Å². The Hall–Kier alpha value is -2.44. The number of aromatic nitrogens is 1. The van der Waals surface area contributed by atoms with Crippen LogP contribution in [0.1, 0.15) is 12.0 Å². The van der Waals surface area contributed by atoms with Crippen LogP contribution in [0.15, 0.2) is 48.8 Å². The number of carbonyl (C=O) groups excluding carboxylic acids is 2. The molecule has 0 bridgehead atoms. The lowest BCUT2D eigenvalue weighted by molar-refractivity contribution is -0.697. The van der Waals surface area contributed by atoms with Gasteiger partial charge in [0.15, 0.2) is 12.4 Å². The first-order valence-corrected chi connectivity index (χ1v) is 7.47. The molecule has 1 amide bonds. The highest BCUT2D eigenvalue weighted by atomic mass is 35.5. The number of pyridine rings is 1. The summed E-state index contributed by atoms with van der Waals surface area (Å²) in [4.78, 5) is 26.1. The molecule has 0 fully saturated rings. The van der Waals surface area contributed by atoms with Crippen LogP contribution >= 0.6 is 11.6 Å². The number of carbonyl (C=O) groups is 2. The van der Waals surface area contributed by atoms with Crippen LogP contribution in [0.5, 0.6) is 0 Å². The smallest absolute Gasteiger partial charge is 0.230 e. The molecule has 1 unspecified atom stereocenters. The van der Waals surface area contributed by atoms with Crippen LogP contribution < -0.4 is 20.7 Å². The molecule has 1 aromatic carbocycles. The molecule has 6 nitrogen and oxygen atoms in total. The maximum absolute atomic E-state index is 12.0. The number of nitrogens with one attached hydrogen (secondary N) is 2. The van der Waals surface area contributed by atoms with E-state index in [9.17, 15) is 14.7 Å². The Kier molecular flexibility index (Phi) is 6.08. The maximum atomic E-state index is 12.0. The minimum atomic E-state index is -1.27. The second-order valence-electron chi connectivity index (χ2n) is 5.04. The predicted octanol–water partition coefficient (Wildman–Crippen LogP) is -0.635. The van der Waals surface area contributed by atoms with Gasteiger partial charge >= 0.3 is 0 Å². The average Bonchev–Trinajstić information content (AvgIpc) is 2.54. The number of anilines is 1. The first-order chi connectivity index (χ1) is 11.0. The Morgan fingerprint density at radius 1 is 1.26 bits per heavy atom. The zero-order chi connectivity index (χ0) is 16.7. The molecule has 2 aromatic rings. The summed E-state index contributed by atoms with van der Waals surface area (Å²) in [6.45, 7) is 0.435. The fourth-order valence-electron chi connectivity index (χ4n) is 2.04. The molecule has 1 atom stereocenters. The van der Waals surface area contributed by atoms with Gasteiger partial charge in [-0.15, -0.1) is 0 Å². The van der Waals surface area contributed by atoms with E-state index in [-0.39, 0.29) is 6.42 Å². The SMILES string of the molecule is O=C(CC([NH2+]Cc1ccc[nH+]c1)C(=O)[O-])Nc1ccc(Cl)cc1. The molecule has 0 aliphatic carbocycles. The molecule has 0 radical (unpaired) electrons. The molecule has 0 saturated carbocycles. The highest BCUT2D eigenvalue weighted by Crippen LogP contribution is 2.13. The zero-order valence-electron chi connectivity index (χ0n) is 12.3. The van der Waals surface area contributed by atoms with Gasteiger partial charge in [-0.3, -0.25) is 4.79 Å². The van der Waals surface area contributed by atoms with Gasteiger partial charge in [0.05, 0.1) is 18.0 Å². The molecule has 23 heavy (non-hydrogen) atoms. The van der Waals surface area contributed by atoms with Crippen molar-refractivity contribution in [1.29, 1.82) is 0 Å². The minimum absolute atomic E-state index is 0.179. The Morgan fingerprint density at radius 3 is 2.61 bits per heavy atom. The number of carboxylic acid groups (broad SMARTS) is 1. The number of benzene rings is 1. The number of halogens is 1. The van der Waals surface area contributed by atoms with Crippen LogP contribution in [-0.4, -0.2) is 17.9 Å². The van der Waals surface area contributed by atoms with Crippen LogP contribution in [0, 0.1) is 0 Å². The number of rotatable bonds is 7. The lowest BCUT2D eigenvalue weighted by Gasteiger charge is -2.16. The average molecular weight is 335 g/mol. The van der Waals surface area contributed by atoms with Crippen LogP contribution in [0.25, 0.3) is 0 Å². The van der Waals surface area contributed by atoms with Gasteiger partial charge in [0.1, 0.15) is 12.6 Å². The highest BCUT2D eigenvalue weighted by molar-refractivity contribution is 6.30. The number of nitrogens with two attached hydrogens (primary N) is 1. The van der Waals surface area contributed by atoms with Crippen LogP contribution in [0.2, 0.25) is 5.02 Å². The van der Waals surface area contributed by atoms with Gasteiger partial charge in [-0.05, 0) is 30.3 Å². The minimum Gasteiger partial charge on any atom is -0.544 e. The standard InChI is InChI=1S/C16H16ClN3O3/c17-12-3-5-13(6-4-12)20-15(21)8-14(16(22)23)19-10-11-2-1-7-18-9-11/h1-7,9,14,19H,8,10H2,(H,20,21)(H,22,23)/p+1. The lowest BCUT2D eigenvalue weighted by Crippen LogP contribution is -2.92. The Balaban J connectivity index is 1.89. The van der Waals surface area contributed by atoms with E-state index >= 15 is 0 Å². The predicted molar refractivity (Wildman–Crippen MR) is 82.1 cm³/mol. The lowest BCUT2D eigenvalue weighted by atomic mass is 10.1. The van der Waals surface area contributed by atoms with Crippen molar-refractivity contribution in [2.45, 2.75) is 19.0 Å². The molecular formula is C16H17ClN3O3+. The van der Waals surface area contributed by atoms with Crippen LogP contribution in [0.4, 0.5) is 5.69 Å². The second-order valence-corrected chi connectivity index (χ2v) is 5.47. The first-order valence-electron chi connectivity index (χ1n) is 7.09. The second kappa shape index (κ2) is 8.26. The summed E-state index contributed by atoms with van der Waals surface area (Å²) in [5, 5.41) is 16.0. The summed E-state index contributed by atoms with van der Waals surface area (Å²) in [6.07, 6.45) is 3.36. The molecule has 4 N–H and O–H groups in total. The number of aromatic amines is 1. The molecular weight excluding hydrogens is 318 g/mol. The fourth-order valence-corrected chi connectivity index (χ4v) is 2.17. The van der Waals surface area contributed by atoms with Crippen molar-refractivity contribution in [3.63, 3.8) is 0 Å². The van der Waals surface area contributed by atoms with E-state index in [1.165, 1.54) is 0 Å². The summed E-state index contributed by atoms with van der Waals surface area (Å²) < 4.78 is 0. The van der Waals surface area contributed by atoms with E-state index in [0.29, 0.717) is 17.3 Å². The number of amides is 1. The molecule has 0 saturated heterocycles. The summed E-state index contributed by atoms with van der Waals surface area (Å²) >= 11 is 5.77. The number of hydrogen-bond donors (Lipinski definition) is 2. The summed E-state index contributed by atoms with van der Waals surface area (Å²) in [7, 11) is 0. The van der Waals surface area contributed by atoms with E-state index in [4.69, 9.17) is 11.6 Å². The first kappa shape index (κ1) is 16.9. The highest BCUT2D eigenvalue weighted by Gasteiger charge is 2.18. The number of aliphatic carboxylic acids is 1. The van der Waals surface area contributed by atoms with Gasteiger partial charge in [0, 0.05) is 16.8 Å². The van der Waals surface area contributed by atoms with Crippen molar-refractivity contribution in [2.24, 2.45) is 0 Å². The Morgan fingerprint density at radius 2 is 2.00 bits per heavy atom. The monoisotopic (exact) mass is 334 g/mol. The maximum Gasteiger partial charge on any atom is 0.230 e. The Bertz CT molecular complexity index is 662. The van der Waals surface area contributed by atoms with Crippen molar-refractivity contribution in [2.75, 3.05) is 5.32 Å². The summed E-state index contributed by atoms with van der Waals surface area (Å²) in [6, 6.07) is 9.33. The van der Waals surface area contributed by atoms with Crippen molar-refractivity contribution < 1.29 is 25.0 Å². The molecule has 120 valence electrons. The molecule has 0 aliphatic heterocycles. The van der Waals surface area contributed by atoms with E-state index in [1.807, 2.05) is 12.1 Å². The normalized spacial score (nSPS) is 11.7. The van der Waals surface area contributed by atoms with Gasteiger partial charge in [-0.2, -0.15) is 0 Å². The van der Waals surface area contributed by atoms with Gasteiger partial charge in [0.25, 0.3) is 0 Å². The molecule has 2 rings (SSSR count). The molecule has 0 spiro atoms. The third-order valence-electron chi connectivity index (χ3n) is 3.25. The third-order valence-corrected chi connectivity index (χ3v) is 3.50. The van der Waals surface area contributed by atoms with Crippen molar-refractivity contribution in [3.8, 4) is 0 Å². The molecule has 0 aliphatic rings. The largest absolute Gasteiger partial charge is 0.544 e. The summed E-state index contributed by atoms with van der Waals surface area (Å²) in [5.74, 6) is -1.66. The van der Waals surface area contributed by atoms with E-state index in [1.54, 1.807) is 42.0 Å². The summed E-state index contributed by atoms with van der Waals surface area (Å²) in [5.41, 5.74) is 1.49. The zero-order valence-corrected chi connectivity index (χ0v) is 13.0. The number of hydrogen-bond acceptors (Lipinski definition) is 3. The van der Waals surface area contributed by atoms with Crippen molar-refractivity contribution in [3.05, 3.63) is 59.4 Å². The fraction of sp³-hybridized carbons (Fsp3) is 0.188. The van der Waals surface area contributed by atoms with Gasteiger partial charge in [-0.25, -0.2) is 4.98 Å². The topological polar surface area (TPSA) is 100.0 Å². The number of carboxylic acids is 1. The van der Waals surface area contributed by atoms with Crippen LogP contribution in [-0.2, 0) is 16.1 Å². The van der Waals surface area contributed by atoms with Crippen LogP contribution in [0.3, 0.4) is 0 Å². The molecule has 1 aromatic heterocycles. The molecule has 1 heterocycles. The van der Waals surface area contributed by atoms with Gasteiger partial charge in [0.2, 0.25) is 5.91 Å². The quantitative estimate of drug-likeness (QED) is 0.704. The van der Waals surface area contributed by atoms with Gasteiger partial charge in [-0.1, -0.05) is 11.6 Å². The van der Waals surface area contributed by atoms with E-state index < -0.39 is 17.9 Å². The molecule has 7 heteroatoms.